The van der Waals surface area contributed by atoms with E-state index in [2.05, 4.69) is 25.9 Å². The minimum absolute atomic E-state index is 0.153. The van der Waals surface area contributed by atoms with Crippen molar-refractivity contribution in [1.29, 1.82) is 0 Å². The van der Waals surface area contributed by atoms with E-state index in [9.17, 15) is 0 Å². The molecule has 0 N–H and O–H groups in total. The van der Waals surface area contributed by atoms with Crippen molar-refractivity contribution in [1.82, 2.24) is 9.97 Å². The van der Waals surface area contributed by atoms with Gasteiger partial charge in [-0.05, 0) is 42.8 Å². The first-order valence-electron chi connectivity index (χ1n) is 5.59. The molecule has 0 fully saturated rings. The van der Waals surface area contributed by atoms with Crippen molar-refractivity contribution in [2.24, 2.45) is 0 Å². The average molecular weight is 390 g/mol. The maximum absolute atomic E-state index is 6.12. The molecule has 7 heteroatoms. The lowest BCUT2D eigenvalue weighted by Gasteiger charge is -2.08. The first kappa shape index (κ1) is 14.1. The molecule has 3 rings (SSSR count). The highest BCUT2D eigenvalue weighted by Crippen LogP contribution is 2.36. The normalized spacial score (nSPS) is 11.0. The number of hydrogen-bond donors (Lipinski definition) is 0. The third-order valence-electron chi connectivity index (χ3n) is 2.55. The lowest BCUT2D eigenvalue weighted by molar-refractivity contribution is 0.468. The number of nitrogens with zero attached hydrogens (tertiary/aromatic N) is 2. The predicted molar refractivity (Wildman–Crippen MR) is 86.4 cm³/mol. The standard InChI is InChI=1S/C13H7BrCl2N2OS/c1-6-4-8-11(17-13(16)18-12(8)20-6)19-10-5-7(14)2-3-9(10)15/h2-5H,1H3. The summed E-state index contributed by atoms with van der Waals surface area (Å²) in [5.74, 6) is 0.922. The molecule has 0 aliphatic heterocycles. The van der Waals surface area contributed by atoms with Crippen LogP contribution in [0.5, 0.6) is 11.6 Å². The van der Waals surface area contributed by atoms with Crippen LogP contribution < -0.4 is 4.74 Å². The topological polar surface area (TPSA) is 35.0 Å². The van der Waals surface area contributed by atoms with Crippen LogP contribution in [0.3, 0.4) is 0 Å². The van der Waals surface area contributed by atoms with Crippen LogP contribution in [0.15, 0.2) is 28.7 Å². The number of halogens is 3. The van der Waals surface area contributed by atoms with Crippen LogP contribution >= 0.6 is 50.5 Å². The van der Waals surface area contributed by atoms with Gasteiger partial charge in [-0.1, -0.05) is 27.5 Å². The van der Waals surface area contributed by atoms with Gasteiger partial charge >= 0.3 is 0 Å². The Balaban J connectivity index is 2.12. The highest BCUT2D eigenvalue weighted by Gasteiger charge is 2.13. The second-order valence-electron chi connectivity index (χ2n) is 4.05. The second kappa shape index (κ2) is 5.48. The van der Waals surface area contributed by atoms with Crippen LogP contribution in [0.1, 0.15) is 4.88 Å². The van der Waals surface area contributed by atoms with Gasteiger partial charge in [0.2, 0.25) is 11.2 Å². The van der Waals surface area contributed by atoms with E-state index < -0.39 is 0 Å². The summed E-state index contributed by atoms with van der Waals surface area (Å²) >= 11 is 17.0. The van der Waals surface area contributed by atoms with E-state index in [1.54, 1.807) is 23.5 Å². The molecular weight excluding hydrogens is 383 g/mol. The van der Waals surface area contributed by atoms with Crippen LogP contribution in [0.4, 0.5) is 0 Å². The molecule has 102 valence electrons. The molecular formula is C13H7BrCl2N2OS. The molecule has 0 bridgehead atoms. The number of fused-ring (bicyclic) bond motifs is 1. The van der Waals surface area contributed by atoms with E-state index in [1.165, 1.54) is 0 Å². The fourth-order valence-electron chi connectivity index (χ4n) is 1.73. The maximum Gasteiger partial charge on any atom is 0.232 e. The second-order valence-corrected chi connectivity index (χ2v) is 6.95. The zero-order chi connectivity index (χ0) is 14.3. The molecule has 0 aliphatic carbocycles. The minimum Gasteiger partial charge on any atom is -0.437 e. The van der Waals surface area contributed by atoms with Crippen molar-refractivity contribution < 1.29 is 4.74 Å². The van der Waals surface area contributed by atoms with Gasteiger partial charge in [-0.15, -0.1) is 11.3 Å². The van der Waals surface area contributed by atoms with Crippen molar-refractivity contribution in [3.63, 3.8) is 0 Å². The Kier molecular flexibility index (Phi) is 3.86. The molecule has 1 aromatic carbocycles. The molecule has 0 atom stereocenters. The van der Waals surface area contributed by atoms with Crippen molar-refractivity contribution in [2.45, 2.75) is 6.92 Å². The van der Waals surface area contributed by atoms with E-state index in [-0.39, 0.29) is 5.28 Å². The Bertz CT molecular complexity index is 806. The van der Waals surface area contributed by atoms with Crippen molar-refractivity contribution >= 4 is 60.7 Å². The van der Waals surface area contributed by atoms with Crippen LogP contribution in [-0.4, -0.2) is 9.97 Å². The van der Waals surface area contributed by atoms with E-state index in [1.807, 2.05) is 19.1 Å². The van der Waals surface area contributed by atoms with Crippen LogP contribution in [0, 0.1) is 6.92 Å². The zero-order valence-corrected chi connectivity index (χ0v) is 14.1. The van der Waals surface area contributed by atoms with Crippen molar-refractivity contribution in [2.75, 3.05) is 0 Å². The number of benzene rings is 1. The monoisotopic (exact) mass is 388 g/mol. The first-order valence-corrected chi connectivity index (χ1v) is 7.96. The molecule has 0 unspecified atom stereocenters. The summed E-state index contributed by atoms with van der Waals surface area (Å²) in [5.41, 5.74) is 0. The number of aromatic nitrogens is 2. The molecule has 0 spiro atoms. The molecule has 3 aromatic rings. The summed E-state index contributed by atoms with van der Waals surface area (Å²) in [4.78, 5) is 10.2. The van der Waals surface area contributed by atoms with Crippen molar-refractivity contribution in [3.8, 4) is 11.6 Å². The smallest absolute Gasteiger partial charge is 0.232 e. The van der Waals surface area contributed by atoms with E-state index in [4.69, 9.17) is 27.9 Å². The van der Waals surface area contributed by atoms with Gasteiger partial charge in [-0.3, -0.25) is 0 Å². The van der Waals surface area contributed by atoms with Gasteiger partial charge in [0.25, 0.3) is 0 Å². The van der Waals surface area contributed by atoms with Crippen LogP contribution in [0.25, 0.3) is 10.2 Å². The molecule has 2 heterocycles. The number of ether oxygens (including phenoxy) is 1. The molecule has 0 saturated carbocycles. The van der Waals surface area contributed by atoms with Gasteiger partial charge in [-0.25, -0.2) is 4.98 Å². The lowest BCUT2D eigenvalue weighted by atomic mass is 10.3. The molecule has 20 heavy (non-hydrogen) atoms. The minimum atomic E-state index is 0.153. The summed E-state index contributed by atoms with van der Waals surface area (Å²) in [5, 5.41) is 1.48. The molecule has 0 saturated heterocycles. The molecule has 2 aromatic heterocycles. The molecule has 0 radical (unpaired) electrons. The Morgan fingerprint density at radius 1 is 1.20 bits per heavy atom. The quantitative estimate of drug-likeness (QED) is 0.514. The first-order chi connectivity index (χ1) is 9.52. The fourth-order valence-corrected chi connectivity index (χ4v) is 3.31. The Labute approximate surface area is 137 Å². The van der Waals surface area contributed by atoms with Crippen LogP contribution in [-0.2, 0) is 0 Å². The maximum atomic E-state index is 6.12. The highest BCUT2D eigenvalue weighted by molar-refractivity contribution is 9.10. The van der Waals surface area contributed by atoms with E-state index in [0.717, 1.165) is 19.6 Å². The number of hydrogen-bond acceptors (Lipinski definition) is 4. The lowest BCUT2D eigenvalue weighted by Crippen LogP contribution is -1.92. The highest BCUT2D eigenvalue weighted by atomic mass is 79.9. The third kappa shape index (κ3) is 2.76. The van der Waals surface area contributed by atoms with Crippen molar-refractivity contribution in [3.05, 3.63) is 43.9 Å². The molecule has 0 amide bonds. The third-order valence-corrected chi connectivity index (χ3v) is 4.47. The molecule has 3 nitrogen and oxygen atoms in total. The van der Waals surface area contributed by atoms with Gasteiger partial charge in [-0.2, -0.15) is 4.98 Å². The average Bonchev–Trinajstić information content (AvgIpc) is 2.74. The van der Waals surface area contributed by atoms with E-state index >= 15 is 0 Å². The van der Waals surface area contributed by atoms with Gasteiger partial charge in [0, 0.05) is 9.35 Å². The summed E-state index contributed by atoms with van der Waals surface area (Å²) in [6.07, 6.45) is 0. The summed E-state index contributed by atoms with van der Waals surface area (Å²) in [6.45, 7) is 2.00. The number of rotatable bonds is 2. The van der Waals surface area contributed by atoms with Gasteiger partial charge in [0.1, 0.15) is 10.6 Å². The van der Waals surface area contributed by atoms with E-state index in [0.29, 0.717) is 16.7 Å². The zero-order valence-electron chi connectivity index (χ0n) is 10.2. The number of aryl methyl sites for hydroxylation is 1. The summed E-state index contributed by atoms with van der Waals surface area (Å²) in [6, 6.07) is 7.34. The summed E-state index contributed by atoms with van der Waals surface area (Å²) < 4.78 is 6.68. The fraction of sp³-hybridized carbons (Fsp3) is 0.0769. The Morgan fingerprint density at radius 3 is 2.80 bits per heavy atom. The Morgan fingerprint density at radius 2 is 2.00 bits per heavy atom. The predicted octanol–water partition coefficient (Wildman–Crippen LogP) is 5.86. The van der Waals surface area contributed by atoms with Crippen LogP contribution in [0.2, 0.25) is 10.3 Å². The van der Waals surface area contributed by atoms with Gasteiger partial charge in [0.05, 0.1) is 10.4 Å². The number of thiophene rings is 1. The largest absolute Gasteiger partial charge is 0.437 e. The Hall–Kier alpha value is -0.880. The van der Waals surface area contributed by atoms with Gasteiger partial charge in [0.15, 0.2) is 0 Å². The molecule has 0 aliphatic rings. The van der Waals surface area contributed by atoms with Gasteiger partial charge < -0.3 is 4.74 Å². The summed E-state index contributed by atoms with van der Waals surface area (Å²) in [7, 11) is 0. The SMILES string of the molecule is Cc1cc2c(Oc3cc(Br)ccc3Cl)nc(Cl)nc2s1.